The fourth-order valence-corrected chi connectivity index (χ4v) is 2.62. The number of hydrogen-bond donors (Lipinski definition) is 0. The van der Waals surface area contributed by atoms with Crippen LogP contribution in [0.5, 0.6) is 0 Å². The zero-order valence-electron chi connectivity index (χ0n) is 10.9. The summed E-state index contributed by atoms with van der Waals surface area (Å²) in [5.41, 5.74) is 1.48. The Labute approximate surface area is 125 Å². The zero-order valence-corrected chi connectivity index (χ0v) is 12.4. The lowest BCUT2D eigenvalue weighted by Crippen LogP contribution is -2.05. The van der Waals surface area contributed by atoms with Crippen LogP contribution in [0.15, 0.2) is 23.6 Å². The molecule has 0 aliphatic carbocycles. The van der Waals surface area contributed by atoms with Crippen molar-refractivity contribution in [1.29, 1.82) is 0 Å². The lowest BCUT2D eigenvalue weighted by molar-refractivity contribution is -0.143. The van der Waals surface area contributed by atoms with Gasteiger partial charge in [-0.25, -0.2) is 9.37 Å². The molecule has 1 aromatic carbocycles. The molecule has 0 saturated carbocycles. The second kappa shape index (κ2) is 6.81. The van der Waals surface area contributed by atoms with Gasteiger partial charge < -0.3 is 4.74 Å². The number of hydrogen-bond acceptors (Lipinski definition) is 4. The molecule has 0 radical (unpaired) electrons. The Kier molecular flexibility index (Phi) is 5.09. The Hall–Kier alpha value is -1.46. The zero-order chi connectivity index (χ0) is 14.5. The number of carbonyl (C=O) groups is 1. The number of carbonyl (C=O) groups excluding carboxylic acids is 1. The minimum Gasteiger partial charge on any atom is -0.466 e. The predicted octanol–water partition coefficient (Wildman–Crippen LogP) is 4.10. The Morgan fingerprint density at radius 2 is 2.30 bits per heavy atom. The molecular formula is C14H13ClFNO2S. The predicted molar refractivity (Wildman–Crippen MR) is 77.5 cm³/mol. The number of halogens is 2. The van der Waals surface area contributed by atoms with Gasteiger partial charge in [-0.05, 0) is 19.1 Å². The molecule has 1 aromatic heterocycles. The van der Waals surface area contributed by atoms with Crippen LogP contribution in [-0.4, -0.2) is 17.6 Å². The van der Waals surface area contributed by atoms with Gasteiger partial charge in [-0.1, -0.05) is 17.7 Å². The third kappa shape index (κ3) is 3.77. The molecule has 3 nitrogen and oxygen atoms in total. The van der Waals surface area contributed by atoms with Crippen LogP contribution < -0.4 is 0 Å². The first-order chi connectivity index (χ1) is 9.60. The van der Waals surface area contributed by atoms with Crippen molar-refractivity contribution in [3.05, 3.63) is 40.1 Å². The molecule has 106 valence electrons. The van der Waals surface area contributed by atoms with Gasteiger partial charge in [0.15, 0.2) is 0 Å². The number of aromatic nitrogens is 1. The SMILES string of the molecule is CCOC(=O)CCc1csc(-c2ccc(Cl)c(F)c2)n1. The Morgan fingerprint density at radius 3 is 3.00 bits per heavy atom. The molecule has 0 aliphatic heterocycles. The van der Waals surface area contributed by atoms with Crippen molar-refractivity contribution in [2.24, 2.45) is 0 Å². The summed E-state index contributed by atoms with van der Waals surface area (Å²) in [7, 11) is 0. The summed E-state index contributed by atoms with van der Waals surface area (Å²) >= 11 is 7.05. The second-order valence-electron chi connectivity index (χ2n) is 4.08. The average Bonchev–Trinajstić information content (AvgIpc) is 2.89. The van der Waals surface area contributed by atoms with Crippen LogP contribution in [0.3, 0.4) is 0 Å². The highest BCUT2D eigenvalue weighted by atomic mass is 35.5. The fourth-order valence-electron chi connectivity index (χ4n) is 1.65. The lowest BCUT2D eigenvalue weighted by Gasteiger charge is -2.00. The van der Waals surface area contributed by atoms with E-state index in [-0.39, 0.29) is 11.0 Å². The van der Waals surface area contributed by atoms with Gasteiger partial charge in [-0.2, -0.15) is 0 Å². The first-order valence-electron chi connectivity index (χ1n) is 6.15. The molecule has 0 amide bonds. The normalized spacial score (nSPS) is 10.6. The molecule has 2 rings (SSSR count). The van der Waals surface area contributed by atoms with E-state index in [1.807, 2.05) is 5.38 Å². The summed E-state index contributed by atoms with van der Waals surface area (Å²) in [6, 6.07) is 4.58. The number of thiazole rings is 1. The van der Waals surface area contributed by atoms with Crippen LogP contribution >= 0.6 is 22.9 Å². The van der Waals surface area contributed by atoms with E-state index in [9.17, 15) is 9.18 Å². The van der Waals surface area contributed by atoms with E-state index < -0.39 is 5.82 Å². The molecule has 1 heterocycles. The summed E-state index contributed by atoms with van der Waals surface area (Å²) in [4.78, 5) is 15.6. The smallest absolute Gasteiger partial charge is 0.306 e. The van der Waals surface area contributed by atoms with Crippen molar-refractivity contribution >= 4 is 28.9 Å². The van der Waals surface area contributed by atoms with E-state index in [1.165, 1.54) is 23.5 Å². The van der Waals surface area contributed by atoms with Crippen molar-refractivity contribution in [3.8, 4) is 10.6 Å². The van der Waals surface area contributed by atoms with E-state index in [4.69, 9.17) is 16.3 Å². The highest BCUT2D eigenvalue weighted by Crippen LogP contribution is 2.27. The summed E-state index contributed by atoms with van der Waals surface area (Å²) in [6.45, 7) is 2.15. The quantitative estimate of drug-likeness (QED) is 0.780. The standard InChI is InChI=1S/C14H13ClFNO2S/c1-2-19-13(18)6-4-10-8-20-14(17-10)9-3-5-11(15)12(16)7-9/h3,5,7-8H,2,4,6H2,1H3. The summed E-state index contributed by atoms with van der Waals surface area (Å²) in [5, 5.41) is 2.66. The topological polar surface area (TPSA) is 39.2 Å². The highest BCUT2D eigenvalue weighted by Gasteiger charge is 2.09. The van der Waals surface area contributed by atoms with Gasteiger partial charge in [0.1, 0.15) is 10.8 Å². The Morgan fingerprint density at radius 1 is 1.50 bits per heavy atom. The lowest BCUT2D eigenvalue weighted by atomic mass is 10.2. The molecule has 0 fully saturated rings. The average molecular weight is 314 g/mol. The summed E-state index contributed by atoms with van der Waals surface area (Å²) in [5.74, 6) is -0.702. The van der Waals surface area contributed by atoms with Crippen LogP contribution in [0.2, 0.25) is 5.02 Å². The van der Waals surface area contributed by atoms with E-state index in [0.717, 1.165) is 5.69 Å². The van der Waals surface area contributed by atoms with Crippen molar-refractivity contribution in [1.82, 2.24) is 4.98 Å². The van der Waals surface area contributed by atoms with Crippen LogP contribution in [-0.2, 0) is 16.0 Å². The molecule has 0 saturated heterocycles. The van der Waals surface area contributed by atoms with Gasteiger partial charge in [0, 0.05) is 17.4 Å². The molecule has 2 aromatic rings. The van der Waals surface area contributed by atoms with Gasteiger partial charge >= 0.3 is 5.97 Å². The largest absolute Gasteiger partial charge is 0.466 e. The number of aryl methyl sites for hydroxylation is 1. The van der Waals surface area contributed by atoms with Gasteiger partial charge in [-0.3, -0.25) is 4.79 Å². The van der Waals surface area contributed by atoms with Crippen LogP contribution in [0.1, 0.15) is 19.0 Å². The maximum Gasteiger partial charge on any atom is 0.306 e. The molecule has 0 aliphatic rings. The third-order valence-corrected chi connectivity index (χ3v) is 3.86. The van der Waals surface area contributed by atoms with E-state index in [0.29, 0.717) is 30.0 Å². The van der Waals surface area contributed by atoms with Crippen LogP contribution in [0, 0.1) is 5.82 Å². The fraction of sp³-hybridized carbons (Fsp3) is 0.286. The Balaban J connectivity index is 2.05. The number of nitrogens with zero attached hydrogens (tertiary/aromatic N) is 1. The van der Waals surface area contributed by atoms with Gasteiger partial charge in [0.2, 0.25) is 0 Å². The van der Waals surface area contributed by atoms with Crippen molar-refractivity contribution in [3.63, 3.8) is 0 Å². The van der Waals surface area contributed by atoms with E-state index in [2.05, 4.69) is 4.98 Å². The molecule has 0 N–H and O–H groups in total. The van der Waals surface area contributed by atoms with Gasteiger partial charge in [0.05, 0.1) is 23.7 Å². The monoisotopic (exact) mass is 313 g/mol. The van der Waals surface area contributed by atoms with Gasteiger partial charge in [0.25, 0.3) is 0 Å². The summed E-state index contributed by atoms with van der Waals surface area (Å²) < 4.78 is 18.3. The first kappa shape index (κ1) is 14.9. The number of rotatable bonds is 5. The number of benzene rings is 1. The highest BCUT2D eigenvalue weighted by molar-refractivity contribution is 7.13. The maximum absolute atomic E-state index is 13.4. The number of esters is 1. The van der Waals surface area contributed by atoms with E-state index >= 15 is 0 Å². The van der Waals surface area contributed by atoms with Crippen molar-refractivity contribution in [2.75, 3.05) is 6.61 Å². The van der Waals surface area contributed by atoms with E-state index in [1.54, 1.807) is 13.0 Å². The number of ether oxygens (including phenoxy) is 1. The second-order valence-corrected chi connectivity index (χ2v) is 5.34. The molecule has 6 heteroatoms. The summed E-state index contributed by atoms with van der Waals surface area (Å²) in [6.07, 6.45) is 0.817. The van der Waals surface area contributed by atoms with Crippen molar-refractivity contribution < 1.29 is 13.9 Å². The third-order valence-electron chi connectivity index (χ3n) is 2.61. The molecule has 20 heavy (non-hydrogen) atoms. The Bertz CT molecular complexity index is 615. The molecule has 0 bridgehead atoms. The van der Waals surface area contributed by atoms with Gasteiger partial charge in [-0.15, -0.1) is 11.3 Å². The molecule has 0 atom stereocenters. The van der Waals surface area contributed by atoms with Crippen molar-refractivity contribution in [2.45, 2.75) is 19.8 Å². The molecule has 0 spiro atoms. The molecule has 0 unspecified atom stereocenters. The minimum atomic E-state index is -0.465. The van der Waals surface area contributed by atoms with Crippen LogP contribution in [0.25, 0.3) is 10.6 Å². The van der Waals surface area contributed by atoms with Crippen LogP contribution in [0.4, 0.5) is 4.39 Å². The molecular weight excluding hydrogens is 301 g/mol. The maximum atomic E-state index is 13.4. The minimum absolute atomic E-state index is 0.0906. The first-order valence-corrected chi connectivity index (χ1v) is 7.41.